The van der Waals surface area contributed by atoms with Crippen molar-refractivity contribution in [2.24, 2.45) is 0 Å². The molecule has 0 bridgehead atoms. The van der Waals surface area contributed by atoms with Gasteiger partial charge in [0, 0.05) is 12.6 Å². The van der Waals surface area contributed by atoms with Crippen LogP contribution in [-0.4, -0.2) is 33.0 Å². The molecule has 2 rings (SSSR count). The lowest BCUT2D eigenvalue weighted by molar-refractivity contribution is -0.139. The number of benzene rings is 1. The van der Waals surface area contributed by atoms with Gasteiger partial charge in [-0.05, 0) is 11.6 Å². The Labute approximate surface area is 115 Å². The van der Waals surface area contributed by atoms with Crippen LogP contribution in [0.4, 0.5) is 0 Å². The molecule has 1 aromatic heterocycles. The fourth-order valence-electron chi connectivity index (χ4n) is 1.71. The highest BCUT2D eigenvalue weighted by Gasteiger charge is 2.21. The van der Waals surface area contributed by atoms with E-state index in [1.54, 1.807) is 0 Å². The van der Waals surface area contributed by atoms with Crippen LogP contribution < -0.4 is 5.32 Å². The van der Waals surface area contributed by atoms with E-state index in [2.05, 4.69) is 15.3 Å². The van der Waals surface area contributed by atoms with Gasteiger partial charge < -0.3 is 10.4 Å². The number of carboxylic acid groups (broad SMARTS) is 1. The normalized spacial score (nSPS) is 11.6. The van der Waals surface area contributed by atoms with E-state index in [9.17, 15) is 14.7 Å². The maximum Gasteiger partial charge on any atom is 0.326 e. The minimum absolute atomic E-state index is 0.138. The highest BCUT2D eigenvalue weighted by atomic mass is 16.4. The molecular weight excluding hydrogens is 258 g/mol. The van der Waals surface area contributed by atoms with Gasteiger partial charge >= 0.3 is 5.97 Å². The molecule has 0 unspecified atom stereocenters. The quantitative estimate of drug-likeness (QED) is 0.843. The van der Waals surface area contributed by atoms with Crippen LogP contribution in [-0.2, 0) is 11.2 Å². The Hall–Kier alpha value is -2.76. The molecule has 0 aliphatic rings. The number of carbonyl (C=O) groups excluding carboxylic acids is 1. The molecule has 0 aliphatic carbocycles. The van der Waals surface area contributed by atoms with E-state index in [1.165, 1.54) is 18.6 Å². The zero-order chi connectivity index (χ0) is 14.4. The number of carbonyl (C=O) groups is 2. The summed E-state index contributed by atoms with van der Waals surface area (Å²) in [5.41, 5.74) is 0.974. The van der Waals surface area contributed by atoms with E-state index in [0.717, 1.165) is 5.56 Å². The first-order chi connectivity index (χ1) is 9.66. The van der Waals surface area contributed by atoms with Crippen LogP contribution in [0.5, 0.6) is 0 Å². The molecule has 1 heterocycles. The molecule has 102 valence electrons. The van der Waals surface area contributed by atoms with Crippen molar-refractivity contribution in [3.8, 4) is 0 Å². The van der Waals surface area contributed by atoms with Crippen LogP contribution in [0.3, 0.4) is 0 Å². The highest BCUT2D eigenvalue weighted by Crippen LogP contribution is 2.04. The molecule has 1 aromatic carbocycles. The van der Waals surface area contributed by atoms with Gasteiger partial charge in [0.05, 0.1) is 0 Å². The minimum atomic E-state index is -1.09. The zero-order valence-electron chi connectivity index (χ0n) is 10.6. The third kappa shape index (κ3) is 3.61. The molecule has 0 spiro atoms. The van der Waals surface area contributed by atoms with Crippen LogP contribution in [0.25, 0.3) is 0 Å². The van der Waals surface area contributed by atoms with Crippen molar-refractivity contribution in [3.63, 3.8) is 0 Å². The van der Waals surface area contributed by atoms with Gasteiger partial charge in [-0.3, -0.25) is 4.79 Å². The fourth-order valence-corrected chi connectivity index (χ4v) is 1.71. The van der Waals surface area contributed by atoms with Crippen LogP contribution in [0.15, 0.2) is 48.9 Å². The molecule has 0 aliphatic heterocycles. The van der Waals surface area contributed by atoms with Crippen molar-refractivity contribution in [1.29, 1.82) is 0 Å². The highest BCUT2D eigenvalue weighted by molar-refractivity contribution is 5.94. The first-order valence-corrected chi connectivity index (χ1v) is 6.00. The fraction of sp³-hybridized carbons (Fsp3) is 0.143. The van der Waals surface area contributed by atoms with E-state index >= 15 is 0 Å². The maximum atomic E-state index is 11.9. The number of hydrogen-bond donors (Lipinski definition) is 2. The largest absolute Gasteiger partial charge is 0.480 e. The number of nitrogens with zero attached hydrogens (tertiary/aromatic N) is 2. The van der Waals surface area contributed by atoms with Gasteiger partial charge in [-0.15, -0.1) is 0 Å². The topological polar surface area (TPSA) is 92.2 Å². The summed E-state index contributed by atoms with van der Waals surface area (Å²) in [6.45, 7) is 0. The van der Waals surface area contributed by atoms with Crippen LogP contribution in [0.1, 0.15) is 16.1 Å². The second kappa shape index (κ2) is 6.42. The molecule has 1 amide bonds. The van der Waals surface area contributed by atoms with Crippen molar-refractivity contribution >= 4 is 11.9 Å². The molecule has 1 atom stereocenters. The summed E-state index contributed by atoms with van der Waals surface area (Å²) in [7, 11) is 0. The Bertz CT molecular complexity index is 587. The van der Waals surface area contributed by atoms with Crippen molar-refractivity contribution in [3.05, 3.63) is 60.2 Å². The lowest BCUT2D eigenvalue weighted by atomic mass is 10.1. The maximum absolute atomic E-state index is 11.9. The third-order valence-electron chi connectivity index (χ3n) is 2.70. The second-order valence-corrected chi connectivity index (χ2v) is 4.15. The average molecular weight is 271 g/mol. The molecular formula is C14H13N3O3. The second-order valence-electron chi connectivity index (χ2n) is 4.15. The Morgan fingerprint density at radius 1 is 1.20 bits per heavy atom. The number of carboxylic acids is 1. The zero-order valence-corrected chi connectivity index (χ0v) is 10.6. The molecule has 6 nitrogen and oxygen atoms in total. The van der Waals surface area contributed by atoms with Crippen molar-refractivity contribution in [2.75, 3.05) is 0 Å². The minimum Gasteiger partial charge on any atom is -0.480 e. The van der Waals surface area contributed by atoms with E-state index in [4.69, 9.17) is 0 Å². The number of amides is 1. The first-order valence-electron chi connectivity index (χ1n) is 6.00. The smallest absolute Gasteiger partial charge is 0.326 e. The van der Waals surface area contributed by atoms with Gasteiger partial charge in [0.1, 0.15) is 18.1 Å². The summed E-state index contributed by atoms with van der Waals surface area (Å²) in [5, 5.41) is 11.6. The Morgan fingerprint density at radius 2 is 1.95 bits per heavy atom. The Kier molecular flexibility index (Phi) is 4.39. The summed E-state index contributed by atoms with van der Waals surface area (Å²) in [6.07, 6.45) is 2.88. The van der Waals surface area contributed by atoms with Crippen molar-refractivity contribution < 1.29 is 14.7 Å². The van der Waals surface area contributed by atoms with Gasteiger partial charge in [-0.2, -0.15) is 0 Å². The van der Waals surface area contributed by atoms with Gasteiger partial charge in [0.15, 0.2) is 0 Å². The molecule has 0 fully saturated rings. The lowest BCUT2D eigenvalue weighted by Gasteiger charge is -2.14. The summed E-state index contributed by atoms with van der Waals surface area (Å²) in [4.78, 5) is 30.6. The van der Waals surface area contributed by atoms with Crippen LogP contribution in [0, 0.1) is 0 Å². The number of aliphatic carboxylic acids is 1. The van der Waals surface area contributed by atoms with Gasteiger partial charge in [0.25, 0.3) is 5.91 Å². The number of nitrogens with one attached hydrogen (secondary N) is 1. The number of rotatable bonds is 5. The predicted octanol–water partition coefficient (Wildman–Crippen LogP) is 0.902. The standard InChI is InChI=1S/C14H13N3O3/c18-13(11-6-7-15-9-16-11)17-12(14(19)20)8-10-4-2-1-3-5-10/h1-7,9,12H,8H2,(H,17,18)(H,19,20)/t12-/m0/s1. The summed E-state index contributed by atoms with van der Waals surface area (Å²) in [6, 6.07) is 9.54. The monoisotopic (exact) mass is 271 g/mol. The molecule has 2 N–H and O–H groups in total. The van der Waals surface area contributed by atoms with Gasteiger partial charge in [0.2, 0.25) is 0 Å². The van der Waals surface area contributed by atoms with Crippen molar-refractivity contribution in [2.45, 2.75) is 12.5 Å². The SMILES string of the molecule is O=C(N[C@@H](Cc1ccccc1)C(=O)O)c1ccncn1. The van der Waals surface area contributed by atoms with Crippen molar-refractivity contribution in [1.82, 2.24) is 15.3 Å². The molecule has 0 saturated carbocycles. The first kappa shape index (κ1) is 13.7. The van der Waals surface area contributed by atoms with E-state index in [1.807, 2.05) is 30.3 Å². The Morgan fingerprint density at radius 3 is 2.55 bits per heavy atom. The van der Waals surface area contributed by atoms with Gasteiger partial charge in [-0.1, -0.05) is 30.3 Å². The number of hydrogen-bond acceptors (Lipinski definition) is 4. The van der Waals surface area contributed by atoms with Crippen LogP contribution >= 0.6 is 0 Å². The van der Waals surface area contributed by atoms with E-state index in [0.29, 0.717) is 0 Å². The molecule has 0 radical (unpaired) electrons. The Balaban J connectivity index is 2.07. The van der Waals surface area contributed by atoms with E-state index in [-0.39, 0.29) is 12.1 Å². The van der Waals surface area contributed by atoms with E-state index < -0.39 is 17.9 Å². The van der Waals surface area contributed by atoms with Gasteiger partial charge in [-0.25, -0.2) is 14.8 Å². The molecule has 20 heavy (non-hydrogen) atoms. The summed E-state index contributed by atoms with van der Waals surface area (Å²) in [5.74, 6) is -1.62. The summed E-state index contributed by atoms with van der Waals surface area (Å²) >= 11 is 0. The lowest BCUT2D eigenvalue weighted by Crippen LogP contribution is -2.42. The summed E-state index contributed by atoms with van der Waals surface area (Å²) < 4.78 is 0. The molecule has 6 heteroatoms. The number of aromatic nitrogens is 2. The molecule has 2 aromatic rings. The average Bonchev–Trinajstić information content (AvgIpc) is 2.48. The predicted molar refractivity (Wildman–Crippen MR) is 71.1 cm³/mol. The van der Waals surface area contributed by atoms with Crippen LogP contribution in [0.2, 0.25) is 0 Å². The third-order valence-corrected chi connectivity index (χ3v) is 2.70. The molecule has 0 saturated heterocycles.